The Morgan fingerprint density at radius 1 is 1.32 bits per heavy atom. The Balaban J connectivity index is 2.49. The molecular weight excluding hydrogens is 338 g/mol. The van der Waals surface area contributed by atoms with Crippen LogP contribution in [0.2, 0.25) is 0 Å². The molecule has 0 spiro atoms. The summed E-state index contributed by atoms with van der Waals surface area (Å²) < 4.78 is 10.4. The molecule has 140 valence electrons. The highest BCUT2D eigenvalue weighted by Gasteiger charge is 2.44. The van der Waals surface area contributed by atoms with Crippen molar-refractivity contribution in [3.63, 3.8) is 0 Å². The van der Waals surface area contributed by atoms with Gasteiger partial charge in [0.15, 0.2) is 6.29 Å². The molecule has 0 aliphatic carbocycles. The van der Waals surface area contributed by atoms with Crippen molar-refractivity contribution in [3.05, 3.63) is 23.1 Å². The van der Waals surface area contributed by atoms with Crippen LogP contribution in [0.5, 0.6) is 0 Å². The van der Waals surface area contributed by atoms with Gasteiger partial charge >= 0.3 is 0 Å². The average molecular weight is 359 g/mol. The molecule has 1 aliphatic rings. The van der Waals surface area contributed by atoms with Gasteiger partial charge in [-0.3, -0.25) is 9.59 Å². The van der Waals surface area contributed by atoms with Crippen LogP contribution < -0.4 is 10.6 Å². The van der Waals surface area contributed by atoms with E-state index in [0.29, 0.717) is 0 Å². The number of carbonyl (C=O) groups excluding carboxylic acids is 2. The Bertz CT molecular complexity index is 525. The van der Waals surface area contributed by atoms with Crippen molar-refractivity contribution in [2.75, 3.05) is 26.3 Å². The van der Waals surface area contributed by atoms with E-state index in [4.69, 9.17) is 20.1 Å². The van der Waals surface area contributed by atoms with E-state index < -0.39 is 49.8 Å². The van der Waals surface area contributed by atoms with Crippen molar-refractivity contribution in [1.82, 2.24) is 10.6 Å². The molecule has 1 heterocycles. The van der Waals surface area contributed by atoms with Crippen LogP contribution >= 0.6 is 0 Å². The molecule has 0 saturated carbocycles. The first-order valence-electron chi connectivity index (χ1n) is 7.39. The van der Waals surface area contributed by atoms with Crippen LogP contribution in [0.25, 0.3) is 10.4 Å². The lowest BCUT2D eigenvalue weighted by Gasteiger charge is -2.39. The Morgan fingerprint density at radius 3 is 2.60 bits per heavy atom. The van der Waals surface area contributed by atoms with Gasteiger partial charge in [-0.1, -0.05) is 11.7 Å². The van der Waals surface area contributed by atoms with Crippen LogP contribution in [0, 0.1) is 0 Å². The van der Waals surface area contributed by atoms with E-state index in [9.17, 15) is 19.8 Å². The molecule has 12 nitrogen and oxygen atoms in total. The van der Waals surface area contributed by atoms with Crippen molar-refractivity contribution in [2.45, 2.75) is 30.6 Å². The van der Waals surface area contributed by atoms with E-state index in [-0.39, 0.29) is 19.0 Å². The number of amides is 2. The van der Waals surface area contributed by atoms with Gasteiger partial charge in [0.25, 0.3) is 0 Å². The molecule has 5 N–H and O–H groups in total. The predicted octanol–water partition coefficient (Wildman–Crippen LogP) is -2.46. The fourth-order valence-corrected chi connectivity index (χ4v) is 2.06. The first-order valence-corrected chi connectivity index (χ1v) is 7.39. The highest BCUT2D eigenvalue weighted by atomic mass is 16.7. The molecule has 1 rings (SSSR count). The summed E-state index contributed by atoms with van der Waals surface area (Å²) in [6.45, 7) is 2.53. The monoisotopic (exact) mass is 359 g/mol. The van der Waals surface area contributed by atoms with Crippen LogP contribution in [-0.2, 0) is 19.1 Å². The third kappa shape index (κ3) is 6.31. The van der Waals surface area contributed by atoms with Gasteiger partial charge in [0.1, 0.15) is 24.9 Å². The minimum Gasteiger partial charge on any atom is -0.394 e. The molecule has 1 saturated heterocycles. The number of azide groups is 1. The summed E-state index contributed by atoms with van der Waals surface area (Å²) >= 11 is 0. The van der Waals surface area contributed by atoms with Gasteiger partial charge in [0, 0.05) is 18.0 Å². The number of nitrogens with one attached hydrogen (secondary N) is 2. The molecule has 1 fully saturated rings. The first kappa shape index (κ1) is 20.8. The van der Waals surface area contributed by atoms with Gasteiger partial charge in [-0.15, -0.1) is 0 Å². The molecule has 12 heteroatoms. The Labute approximate surface area is 143 Å². The fourth-order valence-electron chi connectivity index (χ4n) is 2.06. The number of hydrogen-bond acceptors (Lipinski definition) is 8. The highest BCUT2D eigenvalue weighted by molar-refractivity contribution is 5.86. The summed E-state index contributed by atoms with van der Waals surface area (Å²) in [6, 6.07) is -1.29. The predicted molar refractivity (Wildman–Crippen MR) is 82.9 cm³/mol. The van der Waals surface area contributed by atoms with Crippen LogP contribution in [-0.4, -0.2) is 84.1 Å². The quantitative estimate of drug-likeness (QED) is 0.0992. The maximum Gasteiger partial charge on any atom is 0.246 e. The van der Waals surface area contributed by atoms with Crippen LogP contribution in [0.1, 0.15) is 0 Å². The van der Waals surface area contributed by atoms with Gasteiger partial charge in [0.2, 0.25) is 11.8 Å². The van der Waals surface area contributed by atoms with Gasteiger partial charge in [-0.2, -0.15) is 0 Å². The topological polar surface area (TPSA) is 186 Å². The van der Waals surface area contributed by atoms with Gasteiger partial charge in [-0.25, -0.2) is 0 Å². The molecule has 0 aromatic carbocycles. The summed E-state index contributed by atoms with van der Waals surface area (Å²) in [4.78, 5) is 25.1. The summed E-state index contributed by atoms with van der Waals surface area (Å²) in [7, 11) is 0. The summed E-state index contributed by atoms with van der Waals surface area (Å²) in [5.74, 6) is -0.918. The molecule has 0 radical (unpaired) electrons. The Hall–Kier alpha value is -2.21. The largest absolute Gasteiger partial charge is 0.394 e. The lowest BCUT2D eigenvalue weighted by atomic mass is 9.98. The second-order valence-corrected chi connectivity index (χ2v) is 5.06. The van der Waals surface area contributed by atoms with Crippen molar-refractivity contribution in [2.24, 2.45) is 5.11 Å². The standard InChI is InChI=1S/C13H21N5O7/c1-2-8(20)15-3-4-16-9(21)6-24-13-10(17-18-14)12(23)11(22)7(5-19)25-13/h2,7,10-13,19,22-23H,1,3-6H2,(H,15,20)(H,16,21)/t7-,10+,11-,12-,13+/m1/s1. The lowest BCUT2D eigenvalue weighted by molar-refractivity contribution is -0.263. The minimum atomic E-state index is -1.52. The number of aliphatic hydroxyl groups is 3. The zero-order valence-electron chi connectivity index (χ0n) is 13.3. The number of aliphatic hydroxyl groups excluding tert-OH is 3. The summed E-state index contributed by atoms with van der Waals surface area (Å²) in [5.41, 5.74) is 8.53. The molecule has 0 aromatic heterocycles. The number of hydrogen-bond donors (Lipinski definition) is 5. The zero-order chi connectivity index (χ0) is 18.8. The van der Waals surface area contributed by atoms with Crippen LogP contribution in [0.15, 0.2) is 17.8 Å². The smallest absolute Gasteiger partial charge is 0.246 e. The van der Waals surface area contributed by atoms with Crippen molar-refractivity contribution in [1.29, 1.82) is 0 Å². The Kier molecular flexibility index (Phi) is 8.84. The lowest BCUT2D eigenvalue weighted by Crippen LogP contribution is -2.58. The number of carbonyl (C=O) groups is 2. The number of ether oxygens (including phenoxy) is 2. The van der Waals surface area contributed by atoms with Crippen molar-refractivity contribution < 1.29 is 34.4 Å². The summed E-state index contributed by atoms with van der Waals surface area (Å²) in [6.07, 6.45) is -4.37. The normalized spacial score (nSPS) is 28.5. The van der Waals surface area contributed by atoms with E-state index >= 15 is 0 Å². The number of nitrogens with zero attached hydrogens (tertiary/aromatic N) is 3. The van der Waals surface area contributed by atoms with Crippen molar-refractivity contribution in [3.8, 4) is 0 Å². The second-order valence-electron chi connectivity index (χ2n) is 5.06. The maximum atomic E-state index is 11.7. The van der Waals surface area contributed by atoms with E-state index in [1.807, 2.05) is 0 Å². The van der Waals surface area contributed by atoms with Crippen LogP contribution in [0.3, 0.4) is 0 Å². The van der Waals surface area contributed by atoms with Crippen molar-refractivity contribution >= 4 is 11.8 Å². The third-order valence-corrected chi connectivity index (χ3v) is 3.34. The number of rotatable bonds is 9. The van der Waals surface area contributed by atoms with Gasteiger partial charge in [-0.05, 0) is 11.6 Å². The van der Waals surface area contributed by atoms with Crippen LogP contribution in [0.4, 0.5) is 0 Å². The van der Waals surface area contributed by atoms with E-state index in [2.05, 4.69) is 27.2 Å². The molecule has 5 atom stereocenters. The van der Waals surface area contributed by atoms with E-state index in [1.54, 1.807) is 0 Å². The second kappa shape index (κ2) is 10.6. The molecule has 1 aliphatic heterocycles. The zero-order valence-corrected chi connectivity index (χ0v) is 13.3. The maximum absolute atomic E-state index is 11.7. The van der Waals surface area contributed by atoms with E-state index in [1.165, 1.54) is 0 Å². The van der Waals surface area contributed by atoms with Gasteiger partial charge in [0.05, 0.1) is 12.7 Å². The fraction of sp³-hybridized carbons (Fsp3) is 0.692. The molecular formula is C13H21N5O7. The molecule has 0 unspecified atom stereocenters. The SMILES string of the molecule is C=CC(=O)NCCNC(=O)CO[C@H]1O[C@H](CO)[C@@H](O)[C@H](O)[C@@H]1N=[N+]=[N-]. The first-order chi connectivity index (χ1) is 11.9. The van der Waals surface area contributed by atoms with Gasteiger partial charge < -0.3 is 35.4 Å². The Morgan fingerprint density at radius 2 is 2.00 bits per heavy atom. The molecule has 0 aromatic rings. The molecule has 0 bridgehead atoms. The average Bonchev–Trinajstić information content (AvgIpc) is 2.61. The summed E-state index contributed by atoms with van der Waals surface area (Å²) in [5, 5.41) is 37.0. The molecule has 25 heavy (non-hydrogen) atoms. The minimum absolute atomic E-state index is 0.147. The third-order valence-electron chi connectivity index (χ3n) is 3.34. The highest BCUT2D eigenvalue weighted by Crippen LogP contribution is 2.24. The molecule has 2 amide bonds. The van der Waals surface area contributed by atoms with E-state index in [0.717, 1.165) is 6.08 Å².